The fraction of sp³-hybridized carbons (Fsp3) is 0.190. The monoisotopic (exact) mass is 395 g/mol. The molecule has 0 spiro atoms. The first-order chi connectivity index (χ1) is 13.0. The Morgan fingerprint density at radius 3 is 2.48 bits per heavy atom. The molecule has 136 valence electrons. The molecule has 0 bridgehead atoms. The van der Waals surface area contributed by atoms with E-state index in [4.69, 9.17) is 26.3 Å². The van der Waals surface area contributed by atoms with Gasteiger partial charge in [-0.05, 0) is 37.8 Å². The van der Waals surface area contributed by atoms with E-state index in [9.17, 15) is 5.26 Å². The van der Waals surface area contributed by atoms with Crippen LogP contribution in [0.4, 0.5) is 5.69 Å². The summed E-state index contributed by atoms with van der Waals surface area (Å²) in [6, 6.07) is 13.3. The van der Waals surface area contributed by atoms with Gasteiger partial charge in [-0.25, -0.2) is 9.98 Å². The summed E-state index contributed by atoms with van der Waals surface area (Å²) in [6.07, 6.45) is 1.97. The summed E-state index contributed by atoms with van der Waals surface area (Å²) in [5, 5.41) is 10.9. The zero-order chi connectivity index (χ0) is 19.6. The molecule has 0 N–H and O–H groups in total. The number of aliphatic imine (C=N–C) groups is 2. The predicted octanol–water partition coefficient (Wildman–Crippen LogP) is 5.76. The molecule has 6 heteroatoms. The number of halogens is 1. The van der Waals surface area contributed by atoms with Gasteiger partial charge in [0.15, 0.2) is 0 Å². The van der Waals surface area contributed by atoms with E-state index in [1.807, 2.05) is 44.4 Å². The van der Waals surface area contributed by atoms with Gasteiger partial charge in [0, 0.05) is 22.2 Å². The zero-order valence-electron chi connectivity index (χ0n) is 15.5. The molecule has 0 aliphatic carbocycles. The van der Waals surface area contributed by atoms with Crippen molar-refractivity contribution in [2.24, 2.45) is 9.98 Å². The van der Waals surface area contributed by atoms with Crippen LogP contribution in [0.15, 0.2) is 57.7 Å². The normalized spacial score (nSPS) is 13.1. The van der Waals surface area contributed by atoms with Gasteiger partial charge in [0.25, 0.3) is 0 Å². The lowest BCUT2D eigenvalue weighted by atomic mass is 9.98. The van der Waals surface area contributed by atoms with Crippen molar-refractivity contribution in [1.29, 1.82) is 5.26 Å². The van der Waals surface area contributed by atoms with E-state index in [1.165, 1.54) is 11.8 Å². The molecule has 0 radical (unpaired) electrons. The quantitative estimate of drug-likeness (QED) is 0.649. The van der Waals surface area contributed by atoms with Crippen molar-refractivity contribution in [3.63, 3.8) is 0 Å². The van der Waals surface area contributed by atoms with Gasteiger partial charge in [0.2, 0.25) is 0 Å². The number of hydrogen-bond acceptors (Lipinski definition) is 5. The molecule has 0 saturated heterocycles. The highest BCUT2D eigenvalue weighted by Crippen LogP contribution is 2.36. The molecule has 0 fully saturated rings. The lowest BCUT2D eigenvalue weighted by Gasteiger charge is -2.12. The first-order valence-corrected chi connectivity index (χ1v) is 9.87. The lowest BCUT2D eigenvalue weighted by molar-refractivity contribution is 0.413. The van der Waals surface area contributed by atoms with Gasteiger partial charge in [-0.2, -0.15) is 5.26 Å². The highest BCUT2D eigenvalue weighted by molar-refractivity contribution is 8.13. The Hall–Kier alpha value is -2.55. The van der Waals surface area contributed by atoms with E-state index in [0.717, 1.165) is 27.4 Å². The van der Waals surface area contributed by atoms with E-state index in [0.29, 0.717) is 27.7 Å². The number of benzene rings is 2. The predicted molar refractivity (Wildman–Crippen MR) is 114 cm³/mol. The average Bonchev–Trinajstić information content (AvgIpc) is 2.83. The largest absolute Gasteiger partial charge is 0.495 e. The molecular formula is C21H18ClN3OS. The third-order valence-electron chi connectivity index (χ3n) is 4.14. The van der Waals surface area contributed by atoms with Crippen LogP contribution in [0.5, 0.6) is 5.75 Å². The first-order valence-electron chi connectivity index (χ1n) is 8.26. The maximum absolute atomic E-state index is 9.53. The van der Waals surface area contributed by atoms with Gasteiger partial charge in [0.05, 0.1) is 29.8 Å². The van der Waals surface area contributed by atoms with Gasteiger partial charge in [-0.1, -0.05) is 29.8 Å². The second-order valence-electron chi connectivity index (χ2n) is 6.09. The Labute approximate surface area is 168 Å². The molecule has 0 aromatic heterocycles. The van der Waals surface area contributed by atoms with Crippen molar-refractivity contribution in [2.75, 3.05) is 13.4 Å². The smallest absolute Gasteiger partial charge is 0.138 e. The standard InChI is InChI=1S/C21H18ClN3OS/c1-12(2)19-21(27-4)24-17-10-18(26-3)13(11-23)9-15(17)20(25-19)14-7-5-6-8-16(14)22/h5-10H,1-4H3. The second kappa shape index (κ2) is 7.99. The second-order valence-corrected chi connectivity index (χ2v) is 7.29. The van der Waals surface area contributed by atoms with Crippen LogP contribution in [0.2, 0.25) is 5.02 Å². The van der Waals surface area contributed by atoms with Gasteiger partial charge in [-0.3, -0.25) is 0 Å². The van der Waals surface area contributed by atoms with Crippen molar-refractivity contribution in [3.05, 3.63) is 69.4 Å². The summed E-state index contributed by atoms with van der Waals surface area (Å²) in [4.78, 5) is 9.77. The fourth-order valence-electron chi connectivity index (χ4n) is 2.82. The molecule has 2 aromatic rings. The Bertz CT molecular complexity index is 1040. The number of hydrogen-bond donors (Lipinski definition) is 0. The molecule has 0 atom stereocenters. The molecule has 1 heterocycles. The van der Waals surface area contributed by atoms with Crippen molar-refractivity contribution < 1.29 is 4.74 Å². The van der Waals surface area contributed by atoms with E-state index in [-0.39, 0.29) is 0 Å². The lowest BCUT2D eigenvalue weighted by Crippen LogP contribution is -2.06. The summed E-state index contributed by atoms with van der Waals surface area (Å²) in [7, 11) is 1.54. The highest BCUT2D eigenvalue weighted by atomic mass is 35.5. The van der Waals surface area contributed by atoms with Crippen LogP contribution in [0.25, 0.3) is 0 Å². The first kappa shape index (κ1) is 19.2. The van der Waals surface area contributed by atoms with E-state index < -0.39 is 0 Å². The summed E-state index contributed by atoms with van der Waals surface area (Å²) in [5.74, 6) is 0.486. The molecule has 1 aliphatic heterocycles. The molecule has 27 heavy (non-hydrogen) atoms. The summed E-state index contributed by atoms with van der Waals surface area (Å²) in [5.41, 5.74) is 5.23. The van der Waals surface area contributed by atoms with Crippen molar-refractivity contribution in [1.82, 2.24) is 0 Å². The van der Waals surface area contributed by atoms with E-state index >= 15 is 0 Å². The minimum absolute atomic E-state index is 0.428. The van der Waals surface area contributed by atoms with Crippen LogP contribution in [0.3, 0.4) is 0 Å². The van der Waals surface area contributed by atoms with Crippen molar-refractivity contribution in [3.8, 4) is 11.8 Å². The summed E-state index contributed by atoms with van der Waals surface area (Å²) < 4.78 is 5.37. The minimum Gasteiger partial charge on any atom is -0.495 e. The molecule has 1 aliphatic rings. The van der Waals surface area contributed by atoms with Crippen molar-refractivity contribution >= 4 is 39.8 Å². The highest BCUT2D eigenvalue weighted by Gasteiger charge is 2.23. The Morgan fingerprint density at radius 2 is 1.89 bits per heavy atom. The fourth-order valence-corrected chi connectivity index (χ4v) is 3.67. The molecule has 0 amide bonds. The van der Waals surface area contributed by atoms with Crippen LogP contribution < -0.4 is 4.74 Å². The number of fused-ring (bicyclic) bond motifs is 1. The van der Waals surface area contributed by atoms with Crippen LogP contribution in [-0.2, 0) is 0 Å². The van der Waals surface area contributed by atoms with Gasteiger partial charge in [0.1, 0.15) is 16.9 Å². The molecule has 4 nitrogen and oxygen atoms in total. The van der Waals surface area contributed by atoms with Crippen LogP contribution >= 0.6 is 23.4 Å². The summed E-state index contributed by atoms with van der Waals surface area (Å²) >= 11 is 8.01. The van der Waals surface area contributed by atoms with Gasteiger partial charge in [-0.15, -0.1) is 11.8 Å². The number of nitriles is 1. The number of nitrogens with zero attached hydrogens (tertiary/aromatic N) is 3. The minimum atomic E-state index is 0.428. The molecule has 3 rings (SSSR count). The number of ether oxygens (including phenoxy) is 1. The van der Waals surface area contributed by atoms with Gasteiger partial charge >= 0.3 is 0 Å². The molecule has 2 aromatic carbocycles. The Balaban J connectivity index is 2.42. The third kappa shape index (κ3) is 3.64. The average molecular weight is 396 g/mol. The van der Waals surface area contributed by atoms with Crippen LogP contribution in [0.1, 0.15) is 30.5 Å². The Kier molecular flexibility index (Phi) is 5.69. The molecule has 0 unspecified atom stereocenters. The van der Waals surface area contributed by atoms with Crippen LogP contribution in [-0.4, -0.2) is 24.1 Å². The zero-order valence-corrected chi connectivity index (χ0v) is 17.1. The van der Waals surface area contributed by atoms with Crippen LogP contribution in [0, 0.1) is 11.3 Å². The van der Waals surface area contributed by atoms with E-state index in [2.05, 4.69) is 6.07 Å². The van der Waals surface area contributed by atoms with Crippen molar-refractivity contribution in [2.45, 2.75) is 13.8 Å². The number of allylic oxidation sites excluding steroid dienone is 1. The Morgan fingerprint density at radius 1 is 1.15 bits per heavy atom. The molecular weight excluding hydrogens is 378 g/mol. The molecule has 0 saturated carbocycles. The topological polar surface area (TPSA) is 57.7 Å². The SMILES string of the molecule is COc1cc2c(cc1C#N)C(c1ccccc1Cl)=NC(=C(C)C)C(SC)=N2. The van der Waals surface area contributed by atoms with E-state index in [1.54, 1.807) is 19.2 Å². The summed E-state index contributed by atoms with van der Waals surface area (Å²) in [6.45, 7) is 4.01. The number of methoxy groups -OCH3 is 1. The van der Waals surface area contributed by atoms with Gasteiger partial charge < -0.3 is 4.74 Å². The number of rotatable bonds is 2. The maximum Gasteiger partial charge on any atom is 0.138 e. The third-order valence-corrected chi connectivity index (χ3v) is 5.14. The maximum atomic E-state index is 9.53. The number of thioether (sulfide) groups is 1.